The van der Waals surface area contributed by atoms with Gasteiger partial charge in [0.25, 0.3) is 0 Å². The predicted molar refractivity (Wildman–Crippen MR) is 44.7 cm³/mol. The number of rotatable bonds is 1. The molecule has 0 aliphatic heterocycles. The van der Waals surface area contributed by atoms with Crippen molar-refractivity contribution in [3.8, 4) is 0 Å². The van der Waals surface area contributed by atoms with E-state index in [1.54, 1.807) is 0 Å². The van der Waals surface area contributed by atoms with Crippen LogP contribution in [-0.4, -0.2) is 20.4 Å². The van der Waals surface area contributed by atoms with Crippen LogP contribution >= 0.6 is 11.3 Å². The molecule has 2 aromatic rings. The Kier molecular flexibility index (Phi) is 1.28. The Labute approximate surface area is 70.1 Å². The number of amidine groups is 1. The maximum absolute atomic E-state index is 10.7. The van der Waals surface area contributed by atoms with Gasteiger partial charge in [0, 0.05) is 0 Å². The summed E-state index contributed by atoms with van der Waals surface area (Å²) >= 11 is 0.979. The molecule has 62 valence electrons. The summed E-state index contributed by atoms with van der Waals surface area (Å²) in [6, 6.07) is 0. The molecule has 0 spiro atoms. The fourth-order valence-corrected chi connectivity index (χ4v) is 1.50. The monoisotopic (exact) mass is 183 g/mol. The van der Waals surface area contributed by atoms with Crippen molar-refractivity contribution in [3.63, 3.8) is 0 Å². The highest BCUT2D eigenvalue weighted by atomic mass is 32.1. The Morgan fingerprint density at radius 1 is 1.83 bits per heavy atom. The standard InChI is InChI=1S/C5H5N5OS/c6-3(7)2-1-10-4(8-2)12-5(11)9-10/h1H,(H3,6,7)(H,9,11). The molecule has 12 heavy (non-hydrogen) atoms. The number of hydrogen-bond acceptors (Lipinski definition) is 4. The molecular weight excluding hydrogens is 178 g/mol. The van der Waals surface area contributed by atoms with Gasteiger partial charge in [-0.15, -0.1) is 0 Å². The molecule has 7 heteroatoms. The van der Waals surface area contributed by atoms with Crippen LogP contribution in [0.25, 0.3) is 4.96 Å². The molecule has 2 heterocycles. The quantitative estimate of drug-likeness (QED) is 0.405. The van der Waals surface area contributed by atoms with Gasteiger partial charge in [0.2, 0.25) is 4.96 Å². The third kappa shape index (κ3) is 0.909. The first-order valence-corrected chi connectivity index (χ1v) is 3.91. The maximum Gasteiger partial charge on any atom is 0.322 e. The van der Waals surface area contributed by atoms with Crippen molar-refractivity contribution in [1.82, 2.24) is 14.6 Å². The van der Waals surface area contributed by atoms with Crippen molar-refractivity contribution in [2.24, 2.45) is 5.73 Å². The van der Waals surface area contributed by atoms with E-state index in [-0.39, 0.29) is 10.7 Å². The normalized spacial score (nSPS) is 10.7. The minimum absolute atomic E-state index is 0.105. The third-order valence-electron chi connectivity index (χ3n) is 1.35. The molecule has 0 bridgehead atoms. The fourth-order valence-electron chi connectivity index (χ4n) is 0.849. The lowest BCUT2D eigenvalue weighted by atomic mass is 10.5. The van der Waals surface area contributed by atoms with Gasteiger partial charge in [-0.1, -0.05) is 0 Å². The summed E-state index contributed by atoms with van der Waals surface area (Å²) in [6.07, 6.45) is 1.51. The zero-order valence-electron chi connectivity index (χ0n) is 5.87. The van der Waals surface area contributed by atoms with Crippen LogP contribution in [0.15, 0.2) is 11.0 Å². The number of H-pyrrole nitrogens is 1. The topological polar surface area (TPSA) is 100 Å². The molecule has 0 radical (unpaired) electrons. The molecule has 0 aromatic carbocycles. The highest BCUT2D eigenvalue weighted by molar-refractivity contribution is 7.14. The predicted octanol–water partition coefficient (Wildman–Crippen LogP) is -0.632. The molecule has 0 atom stereocenters. The van der Waals surface area contributed by atoms with E-state index in [1.165, 1.54) is 10.7 Å². The van der Waals surface area contributed by atoms with Crippen molar-refractivity contribution < 1.29 is 0 Å². The molecule has 6 nitrogen and oxygen atoms in total. The summed E-state index contributed by atoms with van der Waals surface area (Å²) in [5.74, 6) is -0.105. The second kappa shape index (κ2) is 2.18. The van der Waals surface area contributed by atoms with Gasteiger partial charge in [-0.3, -0.25) is 10.2 Å². The van der Waals surface area contributed by atoms with E-state index in [2.05, 4.69) is 10.1 Å². The van der Waals surface area contributed by atoms with Gasteiger partial charge in [0.05, 0.1) is 6.20 Å². The maximum atomic E-state index is 10.7. The van der Waals surface area contributed by atoms with E-state index in [0.29, 0.717) is 10.7 Å². The minimum atomic E-state index is -0.174. The Hall–Kier alpha value is -1.63. The number of imidazole rings is 1. The molecule has 0 fully saturated rings. The third-order valence-corrected chi connectivity index (χ3v) is 2.09. The van der Waals surface area contributed by atoms with Crippen LogP contribution in [0, 0.1) is 5.41 Å². The first-order chi connectivity index (χ1) is 5.66. The lowest BCUT2D eigenvalue weighted by Gasteiger charge is -1.84. The number of hydrogen-bond donors (Lipinski definition) is 3. The second-order valence-electron chi connectivity index (χ2n) is 2.19. The molecule has 0 amide bonds. The number of nitrogen functional groups attached to an aromatic ring is 1. The van der Waals surface area contributed by atoms with Crippen molar-refractivity contribution in [3.05, 3.63) is 21.6 Å². The van der Waals surface area contributed by atoms with Gasteiger partial charge < -0.3 is 5.73 Å². The Morgan fingerprint density at radius 2 is 2.58 bits per heavy atom. The van der Waals surface area contributed by atoms with Gasteiger partial charge in [-0.2, -0.15) is 0 Å². The van der Waals surface area contributed by atoms with Gasteiger partial charge in [0.15, 0.2) is 0 Å². The van der Waals surface area contributed by atoms with Crippen LogP contribution in [0.1, 0.15) is 5.69 Å². The first-order valence-electron chi connectivity index (χ1n) is 3.09. The Bertz CT molecular complexity index is 457. The van der Waals surface area contributed by atoms with E-state index in [9.17, 15) is 4.79 Å². The van der Waals surface area contributed by atoms with Crippen molar-refractivity contribution >= 4 is 22.1 Å². The molecule has 2 aromatic heterocycles. The second-order valence-corrected chi connectivity index (χ2v) is 3.13. The summed E-state index contributed by atoms with van der Waals surface area (Å²) < 4.78 is 1.45. The van der Waals surface area contributed by atoms with E-state index < -0.39 is 0 Å². The van der Waals surface area contributed by atoms with Gasteiger partial charge in [0.1, 0.15) is 11.5 Å². The lowest BCUT2D eigenvalue weighted by Crippen LogP contribution is -2.11. The zero-order chi connectivity index (χ0) is 8.72. The van der Waals surface area contributed by atoms with E-state index in [1.807, 2.05) is 0 Å². The largest absolute Gasteiger partial charge is 0.382 e. The van der Waals surface area contributed by atoms with Gasteiger partial charge in [-0.25, -0.2) is 14.6 Å². The van der Waals surface area contributed by atoms with Crippen molar-refractivity contribution in [2.45, 2.75) is 0 Å². The number of aromatic amines is 1. The van der Waals surface area contributed by atoms with E-state index in [0.717, 1.165) is 11.3 Å². The van der Waals surface area contributed by atoms with Gasteiger partial charge >= 0.3 is 4.87 Å². The number of nitrogens with two attached hydrogens (primary N) is 1. The average molecular weight is 183 g/mol. The summed E-state index contributed by atoms with van der Waals surface area (Å²) in [4.78, 5) is 15.0. The van der Waals surface area contributed by atoms with E-state index >= 15 is 0 Å². The average Bonchev–Trinajstić information content (AvgIpc) is 2.42. The molecular formula is C5H5N5OS. The molecule has 0 saturated carbocycles. The highest BCUT2D eigenvalue weighted by Gasteiger charge is 2.05. The molecule has 4 N–H and O–H groups in total. The molecule has 0 unspecified atom stereocenters. The van der Waals surface area contributed by atoms with Crippen LogP contribution < -0.4 is 10.6 Å². The Balaban J connectivity index is 2.72. The number of fused-ring (bicyclic) bond motifs is 1. The minimum Gasteiger partial charge on any atom is -0.382 e. The Morgan fingerprint density at radius 3 is 3.17 bits per heavy atom. The van der Waals surface area contributed by atoms with Crippen molar-refractivity contribution in [1.29, 1.82) is 5.41 Å². The molecule has 0 aliphatic rings. The number of aromatic nitrogens is 3. The van der Waals surface area contributed by atoms with Crippen LogP contribution in [0.2, 0.25) is 0 Å². The first kappa shape index (κ1) is 7.04. The zero-order valence-corrected chi connectivity index (χ0v) is 6.68. The van der Waals surface area contributed by atoms with Crippen LogP contribution in [0.5, 0.6) is 0 Å². The summed E-state index contributed by atoms with van der Waals surface area (Å²) in [5, 5.41) is 9.57. The number of nitrogens with zero attached hydrogens (tertiary/aromatic N) is 2. The highest BCUT2D eigenvalue weighted by Crippen LogP contribution is 2.03. The van der Waals surface area contributed by atoms with Crippen LogP contribution in [-0.2, 0) is 0 Å². The number of nitrogens with one attached hydrogen (secondary N) is 2. The van der Waals surface area contributed by atoms with Crippen LogP contribution in [0.3, 0.4) is 0 Å². The van der Waals surface area contributed by atoms with Crippen molar-refractivity contribution in [2.75, 3.05) is 0 Å². The SMILES string of the molecule is N=C(N)c1cn2[nH]c(=O)sc2n1. The summed E-state index contributed by atoms with van der Waals surface area (Å²) in [6.45, 7) is 0. The fraction of sp³-hybridized carbons (Fsp3) is 0. The van der Waals surface area contributed by atoms with Gasteiger partial charge in [-0.05, 0) is 11.3 Å². The smallest absolute Gasteiger partial charge is 0.322 e. The molecule has 0 saturated heterocycles. The molecule has 2 rings (SSSR count). The summed E-state index contributed by atoms with van der Waals surface area (Å²) in [7, 11) is 0. The lowest BCUT2D eigenvalue weighted by molar-refractivity contribution is 0.949. The van der Waals surface area contributed by atoms with E-state index in [4.69, 9.17) is 11.1 Å². The molecule has 0 aliphatic carbocycles. The van der Waals surface area contributed by atoms with Crippen LogP contribution in [0.4, 0.5) is 0 Å². The summed E-state index contributed by atoms with van der Waals surface area (Å²) in [5.41, 5.74) is 5.57.